The van der Waals surface area contributed by atoms with Gasteiger partial charge in [-0.3, -0.25) is 14.8 Å². The first-order chi connectivity index (χ1) is 15.0. The van der Waals surface area contributed by atoms with Crippen LogP contribution in [0.3, 0.4) is 0 Å². The van der Waals surface area contributed by atoms with Gasteiger partial charge in [-0.15, -0.1) is 0 Å². The lowest BCUT2D eigenvalue weighted by Gasteiger charge is -2.46. The number of benzene rings is 3. The smallest absolute Gasteiger partial charge is 0.238 e. The van der Waals surface area contributed by atoms with Crippen molar-refractivity contribution in [1.29, 1.82) is 0 Å². The molecule has 6 nitrogen and oxygen atoms in total. The summed E-state index contributed by atoms with van der Waals surface area (Å²) in [7, 11) is 0. The summed E-state index contributed by atoms with van der Waals surface area (Å²) in [5.41, 5.74) is 6.13. The van der Waals surface area contributed by atoms with Crippen LogP contribution < -0.4 is 10.1 Å². The lowest BCUT2D eigenvalue weighted by Crippen LogP contribution is -2.41. The third-order valence-electron chi connectivity index (χ3n) is 7.02. The monoisotopic (exact) mass is 411 g/mol. The lowest BCUT2D eigenvalue weighted by atomic mass is 9.55. The number of anilines is 2. The Hall–Kier alpha value is -3.48. The number of aryl methyl sites for hydroxylation is 1. The lowest BCUT2D eigenvalue weighted by molar-refractivity contribution is -0.122. The van der Waals surface area contributed by atoms with Gasteiger partial charge in [0.15, 0.2) is 0 Å². The molecule has 0 spiro atoms. The van der Waals surface area contributed by atoms with Gasteiger partial charge in [0.1, 0.15) is 0 Å². The number of hydrogen-bond acceptors (Lipinski definition) is 5. The molecule has 1 heterocycles. The highest BCUT2D eigenvalue weighted by molar-refractivity contribution is 6.23. The number of hydrogen-bond donors (Lipinski definition) is 1. The Morgan fingerprint density at radius 3 is 1.94 bits per heavy atom. The van der Waals surface area contributed by atoms with Gasteiger partial charge in [-0.1, -0.05) is 48.0 Å². The van der Waals surface area contributed by atoms with E-state index >= 15 is 0 Å². The van der Waals surface area contributed by atoms with Gasteiger partial charge >= 0.3 is 0 Å². The van der Waals surface area contributed by atoms with Crippen molar-refractivity contribution in [2.45, 2.75) is 18.8 Å². The fraction of sp³-hybridized carbons (Fsp3) is 0.200. The zero-order valence-electron chi connectivity index (χ0n) is 16.7. The molecule has 3 aromatic carbocycles. The maximum absolute atomic E-state index is 13.6. The molecule has 1 N–H and O–H groups in total. The van der Waals surface area contributed by atoms with Crippen molar-refractivity contribution in [1.82, 2.24) is 0 Å². The number of imide groups is 1. The molecule has 154 valence electrons. The van der Waals surface area contributed by atoms with E-state index in [0.29, 0.717) is 5.69 Å². The first-order valence-corrected chi connectivity index (χ1v) is 10.3. The molecule has 0 radical (unpaired) electrons. The van der Waals surface area contributed by atoms with Gasteiger partial charge in [0.25, 0.3) is 0 Å². The van der Waals surface area contributed by atoms with Crippen molar-refractivity contribution < 1.29 is 14.8 Å². The maximum Gasteiger partial charge on any atom is 0.238 e. The molecule has 0 unspecified atom stereocenters. The summed E-state index contributed by atoms with van der Waals surface area (Å²) in [6.45, 7) is 2.04. The SMILES string of the molecule is Cc1ccc2c(c1)[C@@H]1c3ccccc3[C@@H]2[C@@H]2C(=O)N(c3ccc(N([O-])O)cc3)C(=O)[C@H]12. The van der Waals surface area contributed by atoms with Crippen LogP contribution in [0.5, 0.6) is 0 Å². The summed E-state index contributed by atoms with van der Waals surface area (Å²) >= 11 is 0. The quantitative estimate of drug-likeness (QED) is 0.507. The largest absolute Gasteiger partial charge is 0.733 e. The Morgan fingerprint density at radius 2 is 1.35 bits per heavy atom. The molecular formula is C25H19N2O4-. The topological polar surface area (TPSA) is 83.9 Å². The second-order valence-electron chi connectivity index (χ2n) is 8.57. The Kier molecular flexibility index (Phi) is 3.70. The van der Waals surface area contributed by atoms with Crippen LogP contribution in [0.4, 0.5) is 11.4 Å². The van der Waals surface area contributed by atoms with Crippen LogP contribution in [-0.2, 0) is 9.59 Å². The van der Waals surface area contributed by atoms with Gasteiger partial charge in [0.05, 0.1) is 23.2 Å². The Bertz CT molecular complexity index is 1250. The molecule has 6 heteroatoms. The second-order valence-corrected chi connectivity index (χ2v) is 8.57. The zero-order valence-corrected chi connectivity index (χ0v) is 16.7. The van der Waals surface area contributed by atoms with Gasteiger partial charge in [0, 0.05) is 11.8 Å². The highest BCUT2D eigenvalue weighted by Gasteiger charge is 2.61. The molecule has 3 aliphatic carbocycles. The molecule has 7 rings (SSSR count). The minimum atomic E-state index is -0.449. The Morgan fingerprint density at radius 1 is 0.806 bits per heavy atom. The summed E-state index contributed by atoms with van der Waals surface area (Å²) in [6, 6.07) is 20.3. The van der Waals surface area contributed by atoms with Crippen LogP contribution in [-0.4, -0.2) is 17.0 Å². The summed E-state index contributed by atoms with van der Waals surface area (Å²) in [6.07, 6.45) is 0. The van der Waals surface area contributed by atoms with E-state index in [0.717, 1.165) is 27.8 Å². The van der Waals surface area contributed by atoms with Crippen molar-refractivity contribution >= 4 is 23.2 Å². The molecule has 1 saturated heterocycles. The summed E-state index contributed by atoms with van der Waals surface area (Å²) in [5.74, 6) is -1.62. The highest BCUT2D eigenvalue weighted by Crippen LogP contribution is 2.61. The molecular weight excluding hydrogens is 392 g/mol. The van der Waals surface area contributed by atoms with Gasteiger partial charge in [-0.2, -0.15) is 0 Å². The van der Waals surface area contributed by atoms with Gasteiger partial charge in [0.2, 0.25) is 11.8 Å². The minimum absolute atomic E-state index is 0.0376. The van der Waals surface area contributed by atoms with E-state index in [-0.39, 0.29) is 34.6 Å². The molecule has 2 bridgehead atoms. The molecule has 31 heavy (non-hydrogen) atoms. The third-order valence-corrected chi connectivity index (χ3v) is 7.02. The van der Waals surface area contributed by atoms with E-state index in [1.165, 1.54) is 29.2 Å². The van der Waals surface area contributed by atoms with E-state index in [9.17, 15) is 14.8 Å². The number of nitrogens with zero attached hydrogens (tertiary/aromatic N) is 2. The first kappa shape index (κ1) is 18.3. The average molecular weight is 411 g/mol. The summed E-state index contributed by atoms with van der Waals surface area (Å²) < 4.78 is 0. The number of carbonyl (C=O) groups is 2. The predicted molar refractivity (Wildman–Crippen MR) is 115 cm³/mol. The molecule has 2 amide bonds. The highest BCUT2D eigenvalue weighted by atomic mass is 16.8. The van der Waals surface area contributed by atoms with Crippen molar-refractivity contribution in [2.24, 2.45) is 11.8 Å². The van der Waals surface area contributed by atoms with Crippen LogP contribution in [0.1, 0.15) is 39.7 Å². The average Bonchev–Trinajstić information content (AvgIpc) is 3.04. The van der Waals surface area contributed by atoms with E-state index < -0.39 is 11.8 Å². The fourth-order valence-corrected chi connectivity index (χ4v) is 5.83. The zero-order chi connectivity index (χ0) is 21.4. The molecule has 4 atom stereocenters. The van der Waals surface area contributed by atoms with Crippen molar-refractivity contribution in [2.75, 3.05) is 10.1 Å². The molecule has 0 saturated carbocycles. The van der Waals surface area contributed by atoms with Crippen LogP contribution in [0, 0.1) is 24.0 Å². The standard InChI is InChI=1S/C25H19N2O4/c1-13-6-11-18-19(12-13)21-17-5-3-2-4-16(17)20(18)22-23(21)25(29)26(24(22)28)14-7-9-15(10-8-14)27(30)31/h2-12,20-23,30H,1H3/q-1/t20-,21-,22-,23+/m0/s1. The Balaban J connectivity index is 1.51. The van der Waals surface area contributed by atoms with Crippen LogP contribution in [0.2, 0.25) is 0 Å². The molecule has 1 fully saturated rings. The van der Waals surface area contributed by atoms with Gasteiger partial charge < -0.3 is 10.4 Å². The number of amides is 2. The molecule has 1 aliphatic heterocycles. The Labute approximate surface area is 178 Å². The van der Waals surface area contributed by atoms with Crippen molar-refractivity contribution in [3.8, 4) is 0 Å². The van der Waals surface area contributed by atoms with E-state index in [1.807, 2.05) is 19.1 Å². The van der Waals surface area contributed by atoms with E-state index in [1.54, 1.807) is 0 Å². The fourth-order valence-electron chi connectivity index (χ4n) is 5.83. The number of rotatable bonds is 2. The van der Waals surface area contributed by atoms with E-state index in [4.69, 9.17) is 5.21 Å². The van der Waals surface area contributed by atoms with Gasteiger partial charge in [-0.25, -0.2) is 4.90 Å². The van der Waals surface area contributed by atoms with Gasteiger partial charge in [-0.05, 0) is 53.4 Å². The summed E-state index contributed by atoms with van der Waals surface area (Å²) in [5, 5.41) is 19.9. The third kappa shape index (κ3) is 2.34. The van der Waals surface area contributed by atoms with Crippen molar-refractivity contribution in [3.05, 3.63) is 99.8 Å². The number of carbonyl (C=O) groups excluding carboxylic acids is 2. The normalized spacial score (nSPS) is 25.3. The molecule has 0 aromatic heterocycles. The van der Waals surface area contributed by atoms with Crippen molar-refractivity contribution in [3.63, 3.8) is 0 Å². The molecule has 4 aliphatic rings. The molecule has 3 aromatic rings. The van der Waals surface area contributed by atoms with Crippen LogP contribution in [0.15, 0.2) is 66.7 Å². The van der Waals surface area contributed by atoms with Crippen LogP contribution in [0.25, 0.3) is 0 Å². The maximum atomic E-state index is 13.6. The summed E-state index contributed by atoms with van der Waals surface area (Å²) in [4.78, 5) is 28.5. The second kappa shape index (κ2) is 6.26. The van der Waals surface area contributed by atoms with Crippen LogP contribution >= 0.6 is 0 Å². The predicted octanol–water partition coefficient (Wildman–Crippen LogP) is 4.09. The first-order valence-electron chi connectivity index (χ1n) is 10.3. The van der Waals surface area contributed by atoms with E-state index in [2.05, 4.69) is 30.3 Å². The minimum Gasteiger partial charge on any atom is -0.733 e.